The summed E-state index contributed by atoms with van der Waals surface area (Å²) in [6.07, 6.45) is 3.51. The quantitative estimate of drug-likeness (QED) is 0.900. The number of nitrogens with one attached hydrogen (secondary N) is 2. The lowest BCUT2D eigenvalue weighted by Gasteiger charge is -2.22. The van der Waals surface area contributed by atoms with Gasteiger partial charge in [-0.15, -0.1) is 16.4 Å². The lowest BCUT2D eigenvalue weighted by Crippen LogP contribution is -2.15. The van der Waals surface area contributed by atoms with Crippen LogP contribution in [-0.2, 0) is 6.42 Å². The van der Waals surface area contributed by atoms with Crippen molar-refractivity contribution in [1.82, 2.24) is 15.5 Å². The number of aryl methyl sites for hydroxylation is 1. The van der Waals surface area contributed by atoms with Gasteiger partial charge in [0.1, 0.15) is 0 Å². The van der Waals surface area contributed by atoms with Gasteiger partial charge in [-0.25, -0.2) is 0 Å². The monoisotopic (exact) mass is 278 g/mol. The second-order valence-corrected chi connectivity index (χ2v) is 5.84. The molecule has 1 aliphatic carbocycles. The molecular formula is C13H18N4OS. The van der Waals surface area contributed by atoms with Crippen molar-refractivity contribution in [3.05, 3.63) is 27.8 Å². The van der Waals surface area contributed by atoms with Crippen LogP contribution in [0.3, 0.4) is 0 Å². The molecule has 0 saturated heterocycles. The zero-order chi connectivity index (χ0) is 13.2. The van der Waals surface area contributed by atoms with Crippen LogP contribution in [0.5, 0.6) is 0 Å². The molecule has 2 unspecified atom stereocenters. The highest BCUT2D eigenvalue weighted by molar-refractivity contribution is 7.10. The fourth-order valence-electron chi connectivity index (χ4n) is 2.38. The Labute approximate surface area is 116 Å². The van der Waals surface area contributed by atoms with Crippen LogP contribution >= 0.6 is 11.3 Å². The Bertz CT molecular complexity index is 550. The maximum Gasteiger partial charge on any atom is 0.316 e. The molecule has 0 saturated carbocycles. The maximum atomic E-state index is 5.64. The van der Waals surface area contributed by atoms with Crippen molar-refractivity contribution < 1.29 is 4.42 Å². The first-order valence-corrected chi connectivity index (χ1v) is 7.49. The molecule has 19 heavy (non-hydrogen) atoms. The normalized spacial score (nSPS) is 20.0. The van der Waals surface area contributed by atoms with Gasteiger partial charge in [0.2, 0.25) is 5.89 Å². The molecule has 2 atom stereocenters. The summed E-state index contributed by atoms with van der Waals surface area (Å²) in [6.45, 7) is 1.99. The number of rotatable bonds is 4. The van der Waals surface area contributed by atoms with Gasteiger partial charge in [0.25, 0.3) is 0 Å². The molecule has 2 aromatic rings. The number of aromatic nitrogens is 2. The van der Waals surface area contributed by atoms with E-state index in [0.29, 0.717) is 17.9 Å². The summed E-state index contributed by atoms with van der Waals surface area (Å²) >= 11 is 1.84. The summed E-state index contributed by atoms with van der Waals surface area (Å²) in [5.74, 6) is 0.617. The summed E-state index contributed by atoms with van der Waals surface area (Å²) in [5, 5.41) is 16.7. The smallest absolute Gasteiger partial charge is 0.316 e. The van der Waals surface area contributed by atoms with Crippen LogP contribution in [0, 0.1) is 0 Å². The SMILES string of the molecule is CNC(C)c1nnc(NC2CCCc3sccc32)o1. The molecule has 6 heteroatoms. The minimum Gasteiger partial charge on any atom is -0.406 e. The molecule has 0 amide bonds. The van der Waals surface area contributed by atoms with Crippen LogP contribution in [0.4, 0.5) is 6.01 Å². The Morgan fingerprint density at radius 3 is 3.21 bits per heavy atom. The van der Waals surface area contributed by atoms with Crippen LogP contribution in [0.1, 0.15) is 48.2 Å². The van der Waals surface area contributed by atoms with E-state index in [1.165, 1.54) is 23.3 Å². The van der Waals surface area contributed by atoms with Crippen LogP contribution in [0.15, 0.2) is 15.9 Å². The van der Waals surface area contributed by atoms with Crippen molar-refractivity contribution in [2.45, 2.75) is 38.3 Å². The molecule has 0 bridgehead atoms. The molecule has 2 aromatic heterocycles. The van der Waals surface area contributed by atoms with Gasteiger partial charge in [0.15, 0.2) is 0 Å². The predicted molar refractivity (Wildman–Crippen MR) is 75.4 cm³/mol. The third-order valence-corrected chi connectivity index (χ3v) is 4.59. The molecule has 2 heterocycles. The highest BCUT2D eigenvalue weighted by Gasteiger charge is 2.23. The van der Waals surface area contributed by atoms with Crippen LogP contribution in [0.25, 0.3) is 0 Å². The minimum atomic E-state index is 0.0751. The zero-order valence-electron chi connectivity index (χ0n) is 11.1. The molecule has 5 nitrogen and oxygen atoms in total. The summed E-state index contributed by atoms with van der Waals surface area (Å²) < 4.78 is 5.64. The van der Waals surface area contributed by atoms with Crippen molar-refractivity contribution in [3.63, 3.8) is 0 Å². The van der Waals surface area contributed by atoms with E-state index >= 15 is 0 Å². The first kappa shape index (κ1) is 12.6. The predicted octanol–water partition coefficient (Wildman–Crippen LogP) is 2.90. The van der Waals surface area contributed by atoms with Gasteiger partial charge >= 0.3 is 6.01 Å². The molecule has 0 fully saturated rings. The van der Waals surface area contributed by atoms with Crippen molar-refractivity contribution >= 4 is 17.4 Å². The maximum absolute atomic E-state index is 5.64. The number of hydrogen-bond donors (Lipinski definition) is 2. The minimum absolute atomic E-state index is 0.0751. The lowest BCUT2D eigenvalue weighted by atomic mass is 9.94. The lowest BCUT2D eigenvalue weighted by molar-refractivity contribution is 0.436. The summed E-state index contributed by atoms with van der Waals surface area (Å²) in [6, 6.07) is 3.09. The van der Waals surface area contributed by atoms with Gasteiger partial charge in [0.05, 0.1) is 12.1 Å². The van der Waals surface area contributed by atoms with E-state index in [9.17, 15) is 0 Å². The molecule has 0 spiro atoms. The van der Waals surface area contributed by atoms with Gasteiger partial charge in [0, 0.05) is 4.88 Å². The van der Waals surface area contributed by atoms with Gasteiger partial charge in [-0.3, -0.25) is 0 Å². The van der Waals surface area contributed by atoms with E-state index in [0.717, 1.165) is 6.42 Å². The first-order chi connectivity index (χ1) is 9.28. The molecule has 0 aliphatic heterocycles. The Kier molecular flexibility index (Phi) is 3.52. The van der Waals surface area contributed by atoms with E-state index in [-0.39, 0.29) is 6.04 Å². The second kappa shape index (κ2) is 5.30. The standard InChI is InChI=1S/C13H18N4OS/c1-8(14-2)12-16-17-13(18-12)15-10-4-3-5-11-9(10)6-7-19-11/h6-8,10,14H,3-5H2,1-2H3,(H,15,17). The summed E-state index contributed by atoms with van der Waals surface area (Å²) in [5.41, 5.74) is 1.39. The van der Waals surface area contributed by atoms with Gasteiger partial charge in [-0.05, 0) is 50.2 Å². The Balaban J connectivity index is 1.74. The van der Waals surface area contributed by atoms with Gasteiger partial charge in [-0.1, -0.05) is 5.10 Å². The Hall–Kier alpha value is -1.40. The third-order valence-electron chi connectivity index (χ3n) is 3.59. The van der Waals surface area contributed by atoms with E-state index in [1.807, 2.05) is 25.3 Å². The molecule has 0 radical (unpaired) electrons. The van der Waals surface area contributed by atoms with E-state index in [1.54, 1.807) is 0 Å². The van der Waals surface area contributed by atoms with Crippen LogP contribution < -0.4 is 10.6 Å². The van der Waals surface area contributed by atoms with E-state index in [2.05, 4.69) is 32.3 Å². The fraction of sp³-hybridized carbons (Fsp3) is 0.538. The van der Waals surface area contributed by atoms with Gasteiger partial charge < -0.3 is 15.1 Å². The summed E-state index contributed by atoms with van der Waals surface area (Å²) in [4.78, 5) is 1.48. The van der Waals surface area contributed by atoms with Crippen LogP contribution in [0.2, 0.25) is 0 Å². The first-order valence-electron chi connectivity index (χ1n) is 6.61. The number of nitrogens with zero attached hydrogens (tertiary/aromatic N) is 2. The van der Waals surface area contributed by atoms with E-state index in [4.69, 9.17) is 4.42 Å². The number of anilines is 1. The number of fused-ring (bicyclic) bond motifs is 1. The highest BCUT2D eigenvalue weighted by Crippen LogP contribution is 2.35. The topological polar surface area (TPSA) is 63.0 Å². The van der Waals surface area contributed by atoms with Crippen molar-refractivity contribution in [2.75, 3.05) is 12.4 Å². The Morgan fingerprint density at radius 1 is 1.47 bits per heavy atom. The molecule has 102 valence electrons. The second-order valence-electron chi connectivity index (χ2n) is 4.84. The highest BCUT2D eigenvalue weighted by atomic mass is 32.1. The third kappa shape index (κ3) is 2.50. The van der Waals surface area contributed by atoms with Crippen molar-refractivity contribution in [2.24, 2.45) is 0 Å². The average Bonchev–Trinajstić information content (AvgIpc) is 3.07. The number of hydrogen-bond acceptors (Lipinski definition) is 6. The molecule has 0 aromatic carbocycles. The summed E-state index contributed by atoms with van der Waals surface area (Å²) in [7, 11) is 1.88. The average molecular weight is 278 g/mol. The fourth-order valence-corrected chi connectivity index (χ4v) is 3.36. The largest absolute Gasteiger partial charge is 0.406 e. The molecule has 1 aliphatic rings. The van der Waals surface area contributed by atoms with Crippen molar-refractivity contribution in [3.8, 4) is 0 Å². The molecule has 3 rings (SSSR count). The molecular weight excluding hydrogens is 260 g/mol. The number of thiophene rings is 1. The van der Waals surface area contributed by atoms with Crippen molar-refractivity contribution in [1.29, 1.82) is 0 Å². The van der Waals surface area contributed by atoms with Crippen LogP contribution in [-0.4, -0.2) is 17.2 Å². The zero-order valence-corrected chi connectivity index (χ0v) is 12.0. The van der Waals surface area contributed by atoms with E-state index < -0.39 is 0 Å². The molecule has 2 N–H and O–H groups in total. The Morgan fingerprint density at radius 2 is 2.37 bits per heavy atom. The van der Waals surface area contributed by atoms with Gasteiger partial charge in [-0.2, -0.15) is 0 Å².